The lowest BCUT2D eigenvalue weighted by atomic mass is 10.2. The summed E-state index contributed by atoms with van der Waals surface area (Å²) in [6.45, 7) is -0.603. The van der Waals surface area contributed by atoms with Crippen LogP contribution in [0.4, 0.5) is 17.6 Å². The number of aliphatic hydroxyl groups excluding tert-OH is 1. The molecular formula is C11H13F4NO2. The Labute approximate surface area is 101 Å². The summed E-state index contributed by atoms with van der Waals surface area (Å²) in [5, 5.41) is 11.5. The predicted molar refractivity (Wildman–Crippen MR) is 56.7 cm³/mol. The van der Waals surface area contributed by atoms with E-state index >= 15 is 0 Å². The molecule has 0 saturated carbocycles. The van der Waals surface area contributed by atoms with Gasteiger partial charge < -0.3 is 15.2 Å². The molecular weight excluding hydrogens is 254 g/mol. The summed E-state index contributed by atoms with van der Waals surface area (Å²) in [7, 11) is 1.68. The minimum atomic E-state index is -4.78. The van der Waals surface area contributed by atoms with E-state index in [4.69, 9.17) is 5.11 Å². The number of aliphatic hydroxyl groups is 1. The van der Waals surface area contributed by atoms with Gasteiger partial charge in [-0.25, -0.2) is 4.39 Å². The molecule has 0 spiro atoms. The molecule has 102 valence electrons. The molecule has 1 rings (SSSR count). The number of nitrogens with one attached hydrogen (secondary N) is 1. The molecule has 0 heterocycles. The fourth-order valence-electron chi connectivity index (χ4n) is 1.24. The van der Waals surface area contributed by atoms with Crippen molar-refractivity contribution in [2.45, 2.75) is 18.8 Å². The van der Waals surface area contributed by atoms with Gasteiger partial charge in [0.05, 0.1) is 0 Å². The fourth-order valence-corrected chi connectivity index (χ4v) is 1.24. The van der Waals surface area contributed by atoms with Crippen molar-refractivity contribution in [1.82, 2.24) is 5.32 Å². The molecule has 1 aromatic rings. The van der Waals surface area contributed by atoms with Gasteiger partial charge in [0, 0.05) is 6.54 Å². The topological polar surface area (TPSA) is 41.5 Å². The van der Waals surface area contributed by atoms with Gasteiger partial charge in [-0.3, -0.25) is 0 Å². The molecule has 0 amide bonds. The summed E-state index contributed by atoms with van der Waals surface area (Å²) in [4.78, 5) is 0. The molecule has 0 aliphatic heterocycles. The quantitative estimate of drug-likeness (QED) is 0.800. The van der Waals surface area contributed by atoms with Gasteiger partial charge in [0.25, 0.3) is 0 Å². The number of hydrogen-bond donors (Lipinski definition) is 2. The third-order valence-electron chi connectivity index (χ3n) is 2.15. The predicted octanol–water partition coefficient (Wildman–Crippen LogP) is 1.85. The molecule has 3 nitrogen and oxygen atoms in total. The van der Waals surface area contributed by atoms with Crippen LogP contribution in [0.5, 0.6) is 5.75 Å². The van der Waals surface area contributed by atoms with Crippen molar-refractivity contribution in [3.05, 3.63) is 29.6 Å². The zero-order valence-electron chi connectivity index (χ0n) is 9.59. The van der Waals surface area contributed by atoms with Crippen LogP contribution in [0.2, 0.25) is 0 Å². The number of benzene rings is 1. The molecule has 1 atom stereocenters. The zero-order valence-corrected chi connectivity index (χ0v) is 9.59. The Kier molecular flexibility index (Phi) is 4.92. The van der Waals surface area contributed by atoms with Crippen LogP contribution in [0.25, 0.3) is 0 Å². The van der Waals surface area contributed by atoms with E-state index in [2.05, 4.69) is 10.1 Å². The van der Waals surface area contributed by atoms with Gasteiger partial charge in [-0.2, -0.15) is 13.2 Å². The van der Waals surface area contributed by atoms with Crippen LogP contribution in [0.1, 0.15) is 5.56 Å². The van der Waals surface area contributed by atoms with Crippen LogP contribution in [0.15, 0.2) is 18.2 Å². The lowest BCUT2D eigenvalue weighted by Crippen LogP contribution is -2.34. The highest BCUT2D eigenvalue weighted by Gasteiger charge is 2.38. The lowest BCUT2D eigenvalue weighted by Gasteiger charge is -2.15. The standard InChI is InChI=1S/C11H13F4NO2/c1-16-5-7-2-3-9(8(12)4-7)18-6-10(17)11(13,14)15/h2-4,10,16-17H,5-6H2,1H3. The summed E-state index contributed by atoms with van der Waals surface area (Å²) in [5.74, 6) is -1.09. The monoisotopic (exact) mass is 267 g/mol. The van der Waals surface area contributed by atoms with Crippen molar-refractivity contribution in [3.8, 4) is 5.75 Å². The number of ether oxygens (including phenoxy) is 1. The molecule has 0 aliphatic carbocycles. The van der Waals surface area contributed by atoms with Gasteiger partial charge in [-0.05, 0) is 24.7 Å². The number of rotatable bonds is 5. The van der Waals surface area contributed by atoms with E-state index in [1.54, 1.807) is 7.05 Å². The Hall–Kier alpha value is -1.34. The number of halogens is 4. The smallest absolute Gasteiger partial charge is 0.417 e. The molecule has 7 heteroatoms. The highest BCUT2D eigenvalue weighted by Crippen LogP contribution is 2.23. The minimum absolute atomic E-state index is 0.321. The van der Waals surface area contributed by atoms with Gasteiger partial charge in [0.15, 0.2) is 17.7 Å². The maximum Gasteiger partial charge on any atom is 0.417 e. The van der Waals surface area contributed by atoms with E-state index in [0.29, 0.717) is 12.1 Å². The molecule has 0 radical (unpaired) electrons. The van der Waals surface area contributed by atoms with Gasteiger partial charge in [0.1, 0.15) is 6.61 Å². The van der Waals surface area contributed by atoms with Crippen LogP contribution in [0.3, 0.4) is 0 Å². The first-order chi connectivity index (χ1) is 8.34. The normalized spacial score (nSPS) is 13.4. The fraction of sp³-hybridized carbons (Fsp3) is 0.455. The Morgan fingerprint density at radius 2 is 2.06 bits per heavy atom. The van der Waals surface area contributed by atoms with E-state index in [-0.39, 0.29) is 5.75 Å². The number of alkyl halides is 3. The third kappa shape index (κ3) is 4.15. The zero-order chi connectivity index (χ0) is 13.8. The van der Waals surface area contributed by atoms with Crippen molar-refractivity contribution >= 4 is 0 Å². The van der Waals surface area contributed by atoms with E-state index in [9.17, 15) is 17.6 Å². The van der Waals surface area contributed by atoms with E-state index in [1.807, 2.05) is 0 Å². The maximum absolute atomic E-state index is 13.4. The highest BCUT2D eigenvalue weighted by molar-refractivity contribution is 5.29. The summed E-state index contributed by atoms with van der Waals surface area (Å²) in [6, 6.07) is 3.91. The van der Waals surface area contributed by atoms with E-state index in [0.717, 1.165) is 6.07 Å². The summed E-state index contributed by atoms with van der Waals surface area (Å²) < 4.78 is 54.0. The van der Waals surface area contributed by atoms with Gasteiger partial charge in [-0.15, -0.1) is 0 Å². The Bertz CT molecular complexity index is 395. The average molecular weight is 267 g/mol. The Morgan fingerprint density at radius 3 is 2.56 bits per heavy atom. The molecule has 0 aromatic heterocycles. The van der Waals surface area contributed by atoms with Crippen molar-refractivity contribution in [1.29, 1.82) is 0 Å². The number of hydrogen-bond acceptors (Lipinski definition) is 3. The molecule has 1 unspecified atom stereocenters. The van der Waals surface area contributed by atoms with Crippen molar-refractivity contribution < 1.29 is 27.4 Å². The second-order valence-corrected chi connectivity index (χ2v) is 3.66. The summed E-state index contributed by atoms with van der Waals surface area (Å²) in [6.07, 6.45) is -7.41. The molecule has 2 N–H and O–H groups in total. The van der Waals surface area contributed by atoms with Gasteiger partial charge in [0.2, 0.25) is 0 Å². The second-order valence-electron chi connectivity index (χ2n) is 3.66. The third-order valence-corrected chi connectivity index (χ3v) is 2.15. The Balaban J connectivity index is 2.63. The summed E-state index contributed by atoms with van der Waals surface area (Å²) >= 11 is 0. The largest absolute Gasteiger partial charge is 0.487 e. The Morgan fingerprint density at radius 1 is 1.39 bits per heavy atom. The molecule has 0 aliphatic rings. The molecule has 18 heavy (non-hydrogen) atoms. The molecule has 0 fully saturated rings. The van der Waals surface area contributed by atoms with E-state index < -0.39 is 24.7 Å². The maximum atomic E-state index is 13.4. The van der Waals surface area contributed by atoms with Crippen LogP contribution in [0, 0.1) is 5.82 Å². The first-order valence-electron chi connectivity index (χ1n) is 5.15. The van der Waals surface area contributed by atoms with E-state index in [1.165, 1.54) is 12.1 Å². The van der Waals surface area contributed by atoms with Crippen molar-refractivity contribution in [3.63, 3.8) is 0 Å². The average Bonchev–Trinajstić information content (AvgIpc) is 2.26. The molecule has 1 aromatic carbocycles. The molecule has 0 bridgehead atoms. The van der Waals surface area contributed by atoms with Crippen molar-refractivity contribution in [2.75, 3.05) is 13.7 Å². The SMILES string of the molecule is CNCc1ccc(OCC(O)C(F)(F)F)c(F)c1. The van der Waals surface area contributed by atoms with Crippen LogP contribution in [-0.2, 0) is 6.54 Å². The van der Waals surface area contributed by atoms with Gasteiger partial charge >= 0.3 is 6.18 Å². The van der Waals surface area contributed by atoms with Crippen LogP contribution in [-0.4, -0.2) is 31.0 Å². The van der Waals surface area contributed by atoms with Gasteiger partial charge in [-0.1, -0.05) is 6.07 Å². The molecule has 0 saturated heterocycles. The van der Waals surface area contributed by atoms with Crippen molar-refractivity contribution in [2.24, 2.45) is 0 Å². The minimum Gasteiger partial charge on any atom is -0.487 e. The van der Waals surface area contributed by atoms with Crippen LogP contribution >= 0.6 is 0 Å². The lowest BCUT2D eigenvalue weighted by molar-refractivity contribution is -0.210. The first kappa shape index (κ1) is 14.7. The van der Waals surface area contributed by atoms with Crippen LogP contribution < -0.4 is 10.1 Å². The summed E-state index contributed by atoms with van der Waals surface area (Å²) in [5.41, 5.74) is 0.638. The first-order valence-corrected chi connectivity index (χ1v) is 5.15. The highest BCUT2D eigenvalue weighted by atomic mass is 19.4. The second kappa shape index (κ2) is 6.01.